The van der Waals surface area contributed by atoms with Crippen LogP contribution < -0.4 is 5.32 Å². The van der Waals surface area contributed by atoms with E-state index in [1.54, 1.807) is 0 Å². The molecule has 1 aromatic heterocycles. The number of aryl methyl sites for hydroxylation is 1. The van der Waals surface area contributed by atoms with Gasteiger partial charge in [-0.05, 0) is 38.0 Å². The van der Waals surface area contributed by atoms with Crippen LogP contribution in [0, 0.1) is 5.92 Å². The maximum Gasteiger partial charge on any atom is 0.223 e. The van der Waals surface area contributed by atoms with Gasteiger partial charge >= 0.3 is 0 Å². The largest absolute Gasteiger partial charge is 0.336 e. The average Bonchev–Trinajstić information content (AvgIpc) is 3.33. The van der Waals surface area contributed by atoms with E-state index in [0.29, 0.717) is 30.3 Å². The van der Waals surface area contributed by atoms with E-state index in [4.69, 9.17) is 0 Å². The number of piperidine rings is 1. The molecule has 1 aliphatic heterocycles. The first-order valence-corrected chi connectivity index (χ1v) is 9.67. The normalized spacial score (nSPS) is 26.0. The number of hydrogen-bond donors (Lipinski definition) is 1. The summed E-state index contributed by atoms with van der Waals surface area (Å²) in [5, 5.41) is 3.77. The molecule has 134 valence electrons. The van der Waals surface area contributed by atoms with Crippen molar-refractivity contribution in [1.82, 2.24) is 19.8 Å². The molecule has 3 rings (SSSR count). The molecular formula is C19H32N4O. The molecule has 24 heavy (non-hydrogen) atoms. The van der Waals surface area contributed by atoms with E-state index in [1.807, 2.05) is 19.4 Å². The van der Waals surface area contributed by atoms with E-state index in [2.05, 4.69) is 33.6 Å². The van der Waals surface area contributed by atoms with E-state index in [0.717, 1.165) is 31.6 Å². The molecule has 1 saturated carbocycles. The van der Waals surface area contributed by atoms with Gasteiger partial charge in [0.05, 0.1) is 6.04 Å². The Labute approximate surface area is 145 Å². The van der Waals surface area contributed by atoms with E-state index in [9.17, 15) is 4.79 Å². The van der Waals surface area contributed by atoms with Crippen LogP contribution in [0.25, 0.3) is 0 Å². The minimum atomic E-state index is 0.130. The lowest BCUT2D eigenvalue weighted by molar-refractivity contribution is -0.140. The van der Waals surface area contributed by atoms with Crippen molar-refractivity contribution in [3.8, 4) is 0 Å². The number of likely N-dealkylation sites (tertiary alicyclic amines) is 1. The molecule has 3 atom stereocenters. The summed E-state index contributed by atoms with van der Waals surface area (Å²) in [7, 11) is 2.04. The predicted molar refractivity (Wildman–Crippen MR) is 95.5 cm³/mol. The minimum absolute atomic E-state index is 0.130. The number of amides is 1. The molecule has 0 spiro atoms. The van der Waals surface area contributed by atoms with Crippen LogP contribution >= 0.6 is 0 Å². The Balaban J connectivity index is 1.78. The van der Waals surface area contributed by atoms with Crippen LogP contribution in [0.15, 0.2) is 12.4 Å². The molecule has 1 saturated heterocycles. The summed E-state index contributed by atoms with van der Waals surface area (Å²) < 4.78 is 2.09. The number of carbonyl (C=O) groups excluding carboxylic acids is 1. The van der Waals surface area contributed by atoms with Crippen LogP contribution in [0.4, 0.5) is 0 Å². The molecule has 1 amide bonds. The number of nitrogens with one attached hydrogen (secondary N) is 1. The third-order valence-electron chi connectivity index (χ3n) is 5.63. The fraction of sp³-hybridized carbons (Fsp3) is 0.789. The van der Waals surface area contributed by atoms with Crippen LogP contribution in [0.3, 0.4) is 0 Å². The van der Waals surface area contributed by atoms with E-state index in [1.165, 1.54) is 19.3 Å². The smallest absolute Gasteiger partial charge is 0.223 e. The summed E-state index contributed by atoms with van der Waals surface area (Å²) in [6, 6.07) is 1.16. The van der Waals surface area contributed by atoms with Crippen LogP contribution in [-0.4, -0.2) is 39.0 Å². The van der Waals surface area contributed by atoms with Crippen molar-refractivity contribution in [2.45, 2.75) is 76.9 Å². The highest BCUT2D eigenvalue weighted by molar-refractivity contribution is 5.78. The Morgan fingerprint density at radius 1 is 1.33 bits per heavy atom. The minimum Gasteiger partial charge on any atom is -0.336 e. The Kier molecular flexibility index (Phi) is 5.59. The van der Waals surface area contributed by atoms with Gasteiger partial charge in [-0.25, -0.2) is 4.98 Å². The monoisotopic (exact) mass is 332 g/mol. The molecule has 5 nitrogen and oxygen atoms in total. The van der Waals surface area contributed by atoms with Crippen LogP contribution in [0.1, 0.15) is 70.7 Å². The van der Waals surface area contributed by atoms with Gasteiger partial charge < -0.3 is 14.8 Å². The number of imidazole rings is 1. The summed E-state index contributed by atoms with van der Waals surface area (Å²) in [5.41, 5.74) is 0. The molecule has 2 heterocycles. The predicted octanol–water partition coefficient (Wildman–Crippen LogP) is 3.03. The highest BCUT2D eigenvalue weighted by Gasteiger charge is 2.45. The maximum atomic E-state index is 12.6. The molecule has 1 aromatic rings. The van der Waals surface area contributed by atoms with E-state index >= 15 is 0 Å². The van der Waals surface area contributed by atoms with Crippen LogP contribution in [0.2, 0.25) is 0 Å². The highest BCUT2D eigenvalue weighted by atomic mass is 16.2. The Hall–Kier alpha value is -1.36. The molecule has 1 N–H and O–H groups in total. The zero-order chi connectivity index (χ0) is 17.1. The molecule has 0 aromatic carbocycles. The van der Waals surface area contributed by atoms with Gasteiger partial charge in [0.15, 0.2) is 0 Å². The fourth-order valence-corrected chi connectivity index (χ4v) is 4.09. The first-order chi connectivity index (χ1) is 11.7. The van der Waals surface area contributed by atoms with Gasteiger partial charge in [-0.15, -0.1) is 0 Å². The summed E-state index contributed by atoms with van der Waals surface area (Å²) >= 11 is 0. The zero-order valence-corrected chi connectivity index (χ0v) is 15.4. The molecule has 5 heteroatoms. The summed E-state index contributed by atoms with van der Waals surface area (Å²) in [5.74, 6) is 1.82. The Bertz CT molecular complexity index is 551. The second kappa shape index (κ2) is 7.68. The van der Waals surface area contributed by atoms with Crippen LogP contribution in [0.5, 0.6) is 0 Å². The quantitative estimate of drug-likeness (QED) is 0.796. The van der Waals surface area contributed by atoms with Gasteiger partial charge in [0.2, 0.25) is 5.91 Å². The third-order valence-corrected chi connectivity index (χ3v) is 5.63. The van der Waals surface area contributed by atoms with Crippen molar-refractivity contribution in [3.63, 3.8) is 0 Å². The summed E-state index contributed by atoms with van der Waals surface area (Å²) in [6.45, 7) is 5.48. The van der Waals surface area contributed by atoms with E-state index in [-0.39, 0.29) is 6.04 Å². The topological polar surface area (TPSA) is 50.2 Å². The van der Waals surface area contributed by atoms with Gasteiger partial charge in [0.1, 0.15) is 5.82 Å². The van der Waals surface area contributed by atoms with Gasteiger partial charge in [0, 0.05) is 44.5 Å². The molecule has 2 fully saturated rings. The van der Waals surface area contributed by atoms with Crippen molar-refractivity contribution < 1.29 is 4.79 Å². The zero-order valence-electron chi connectivity index (χ0n) is 15.4. The molecule has 0 bridgehead atoms. The van der Waals surface area contributed by atoms with Crippen molar-refractivity contribution >= 4 is 5.91 Å². The molecule has 1 aliphatic carbocycles. The maximum absolute atomic E-state index is 12.6. The van der Waals surface area contributed by atoms with Crippen molar-refractivity contribution in [2.24, 2.45) is 13.0 Å². The Morgan fingerprint density at radius 3 is 2.71 bits per heavy atom. The second-order valence-corrected chi connectivity index (χ2v) is 7.47. The molecule has 0 radical (unpaired) electrons. The first kappa shape index (κ1) is 17.5. The van der Waals surface area contributed by atoms with Gasteiger partial charge in [-0.2, -0.15) is 0 Å². The SMILES string of the molecule is CCCC(CC)NC[C@H]1CCC(=O)N(C2CC2)[C@@H]1c1nccn1C. The number of hydrogen-bond acceptors (Lipinski definition) is 3. The van der Waals surface area contributed by atoms with Gasteiger partial charge in [-0.1, -0.05) is 20.3 Å². The number of carbonyl (C=O) groups is 1. The number of aromatic nitrogens is 2. The van der Waals surface area contributed by atoms with Gasteiger partial charge in [0.25, 0.3) is 0 Å². The molecule has 2 aliphatic rings. The lowest BCUT2D eigenvalue weighted by Crippen LogP contribution is -2.48. The number of nitrogens with zero attached hydrogens (tertiary/aromatic N) is 3. The third kappa shape index (κ3) is 3.66. The molecule has 1 unspecified atom stereocenters. The van der Waals surface area contributed by atoms with Crippen molar-refractivity contribution in [2.75, 3.05) is 6.54 Å². The summed E-state index contributed by atoms with van der Waals surface area (Å²) in [4.78, 5) is 19.4. The Morgan fingerprint density at radius 2 is 2.12 bits per heavy atom. The standard InChI is InChI=1S/C19H32N4O/c1-4-6-15(5-2)21-13-14-7-10-17(24)23(16-8-9-16)18(14)19-20-11-12-22(19)3/h11-12,14-16,18,21H,4-10,13H2,1-3H3/t14-,15?,18+/m1/s1. The van der Waals surface area contributed by atoms with E-state index < -0.39 is 0 Å². The highest BCUT2D eigenvalue weighted by Crippen LogP contribution is 2.42. The van der Waals surface area contributed by atoms with Crippen LogP contribution in [-0.2, 0) is 11.8 Å². The second-order valence-electron chi connectivity index (χ2n) is 7.47. The van der Waals surface area contributed by atoms with Crippen molar-refractivity contribution in [3.05, 3.63) is 18.2 Å². The lowest BCUT2D eigenvalue weighted by Gasteiger charge is -2.41. The average molecular weight is 332 g/mol. The first-order valence-electron chi connectivity index (χ1n) is 9.67. The summed E-state index contributed by atoms with van der Waals surface area (Å²) in [6.07, 6.45) is 11.4. The van der Waals surface area contributed by atoms with Crippen molar-refractivity contribution in [1.29, 1.82) is 0 Å². The fourth-order valence-electron chi connectivity index (χ4n) is 4.09. The molecular weight excluding hydrogens is 300 g/mol. The van der Waals surface area contributed by atoms with Gasteiger partial charge in [-0.3, -0.25) is 4.79 Å². The number of rotatable bonds is 8. The lowest BCUT2D eigenvalue weighted by atomic mass is 9.87.